The van der Waals surface area contributed by atoms with E-state index in [4.69, 9.17) is 0 Å². The van der Waals surface area contributed by atoms with Gasteiger partial charge in [-0.1, -0.05) is 32.6 Å². The molecule has 0 aliphatic heterocycles. The SMILES string of the molecule is [CH2]CCCCCC(C(=O)OC)C(=O)OC. The van der Waals surface area contributed by atoms with Crippen LogP contribution in [0, 0.1) is 12.8 Å². The molecule has 4 heteroatoms. The average Bonchev–Trinajstić information content (AvgIpc) is 2.27. The topological polar surface area (TPSA) is 52.6 Å². The first-order valence-electron chi connectivity index (χ1n) is 5.12. The highest BCUT2D eigenvalue weighted by molar-refractivity contribution is 5.94. The second kappa shape index (κ2) is 8.26. The maximum atomic E-state index is 11.2. The van der Waals surface area contributed by atoms with Gasteiger partial charge in [-0.15, -0.1) is 0 Å². The van der Waals surface area contributed by atoms with Gasteiger partial charge in [0.25, 0.3) is 0 Å². The smallest absolute Gasteiger partial charge is 0.320 e. The summed E-state index contributed by atoms with van der Waals surface area (Å²) in [6, 6.07) is 0. The Labute approximate surface area is 90.9 Å². The van der Waals surface area contributed by atoms with Gasteiger partial charge in [0, 0.05) is 0 Å². The predicted molar refractivity (Wildman–Crippen MR) is 56.0 cm³/mol. The normalized spacial score (nSPS) is 10.1. The lowest BCUT2D eigenvalue weighted by molar-refractivity contribution is -0.159. The minimum absolute atomic E-state index is 0.485. The number of ether oxygens (including phenoxy) is 2. The molecular formula is C11H19O4. The Hall–Kier alpha value is -1.06. The highest BCUT2D eigenvalue weighted by Crippen LogP contribution is 2.13. The number of esters is 2. The van der Waals surface area contributed by atoms with E-state index in [1.54, 1.807) is 0 Å². The maximum Gasteiger partial charge on any atom is 0.320 e. The molecule has 0 aromatic rings. The summed E-state index contributed by atoms with van der Waals surface area (Å²) < 4.78 is 9.08. The minimum Gasteiger partial charge on any atom is -0.468 e. The molecule has 0 saturated heterocycles. The minimum atomic E-state index is -0.773. The predicted octanol–water partition coefficient (Wildman–Crippen LogP) is 1.73. The van der Waals surface area contributed by atoms with Gasteiger partial charge in [-0.2, -0.15) is 0 Å². The van der Waals surface area contributed by atoms with Crippen molar-refractivity contribution in [3.05, 3.63) is 6.92 Å². The van der Waals surface area contributed by atoms with E-state index in [0.29, 0.717) is 6.42 Å². The van der Waals surface area contributed by atoms with E-state index < -0.39 is 17.9 Å². The summed E-state index contributed by atoms with van der Waals surface area (Å²) in [5.74, 6) is -1.81. The fourth-order valence-electron chi connectivity index (χ4n) is 1.32. The van der Waals surface area contributed by atoms with Crippen LogP contribution in [0.5, 0.6) is 0 Å². The first kappa shape index (κ1) is 13.9. The molecule has 0 aromatic carbocycles. The van der Waals surface area contributed by atoms with Crippen molar-refractivity contribution in [3.63, 3.8) is 0 Å². The summed E-state index contributed by atoms with van der Waals surface area (Å²) >= 11 is 0. The van der Waals surface area contributed by atoms with Gasteiger partial charge in [-0.05, 0) is 6.42 Å². The van der Waals surface area contributed by atoms with E-state index >= 15 is 0 Å². The molecule has 0 amide bonds. The second-order valence-electron chi connectivity index (χ2n) is 3.30. The molecule has 87 valence electrons. The summed E-state index contributed by atoms with van der Waals surface area (Å²) in [7, 11) is 2.54. The Kier molecular flexibility index (Phi) is 7.68. The fourth-order valence-corrected chi connectivity index (χ4v) is 1.32. The quantitative estimate of drug-likeness (QED) is 0.369. The molecule has 0 atom stereocenters. The second-order valence-corrected chi connectivity index (χ2v) is 3.30. The lowest BCUT2D eigenvalue weighted by atomic mass is 10.0. The summed E-state index contributed by atoms with van der Waals surface area (Å²) in [4.78, 5) is 22.5. The van der Waals surface area contributed by atoms with E-state index in [0.717, 1.165) is 25.7 Å². The van der Waals surface area contributed by atoms with E-state index in [1.165, 1.54) is 14.2 Å². The first-order valence-corrected chi connectivity index (χ1v) is 5.12. The van der Waals surface area contributed by atoms with Crippen LogP contribution in [-0.4, -0.2) is 26.2 Å². The van der Waals surface area contributed by atoms with Crippen LogP contribution in [0.15, 0.2) is 0 Å². The Morgan fingerprint density at radius 1 is 1.07 bits per heavy atom. The van der Waals surface area contributed by atoms with Gasteiger partial charge in [0.1, 0.15) is 0 Å². The molecule has 0 rings (SSSR count). The molecule has 15 heavy (non-hydrogen) atoms. The monoisotopic (exact) mass is 215 g/mol. The zero-order valence-corrected chi connectivity index (χ0v) is 9.45. The van der Waals surface area contributed by atoms with E-state index in [9.17, 15) is 9.59 Å². The van der Waals surface area contributed by atoms with Gasteiger partial charge in [-0.3, -0.25) is 9.59 Å². The largest absolute Gasteiger partial charge is 0.468 e. The summed E-state index contributed by atoms with van der Waals surface area (Å²) in [6.45, 7) is 3.72. The molecule has 0 spiro atoms. The van der Waals surface area contributed by atoms with Crippen LogP contribution in [0.3, 0.4) is 0 Å². The average molecular weight is 215 g/mol. The third-order valence-corrected chi connectivity index (χ3v) is 2.21. The molecular weight excluding hydrogens is 196 g/mol. The molecule has 0 unspecified atom stereocenters. The van der Waals surface area contributed by atoms with Crippen LogP contribution >= 0.6 is 0 Å². The summed E-state index contributed by atoms with van der Waals surface area (Å²) in [5, 5.41) is 0. The Morgan fingerprint density at radius 2 is 1.60 bits per heavy atom. The lowest BCUT2D eigenvalue weighted by Crippen LogP contribution is -2.26. The summed E-state index contributed by atoms with van der Waals surface area (Å²) in [5.41, 5.74) is 0. The number of rotatable bonds is 7. The lowest BCUT2D eigenvalue weighted by Gasteiger charge is -2.11. The van der Waals surface area contributed by atoms with Crippen LogP contribution in [0.25, 0.3) is 0 Å². The molecule has 0 bridgehead atoms. The molecule has 0 N–H and O–H groups in total. The number of unbranched alkanes of at least 4 members (excludes halogenated alkanes) is 3. The standard InChI is InChI=1S/C11H19O4/c1-4-5-6-7-8-9(10(12)14-2)11(13)15-3/h9H,1,4-8H2,2-3H3. The highest BCUT2D eigenvalue weighted by Gasteiger charge is 2.27. The number of hydrogen-bond acceptors (Lipinski definition) is 4. The zero-order valence-electron chi connectivity index (χ0n) is 9.45. The van der Waals surface area contributed by atoms with Crippen molar-refractivity contribution >= 4 is 11.9 Å². The Balaban J connectivity index is 4.02. The maximum absolute atomic E-state index is 11.2. The number of hydrogen-bond donors (Lipinski definition) is 0. The fraction of sp³-hybridized carbons (Fsp3) is 0.727. The highest BCUT2D eigenvalue weighted by atomic mass is 16.5. The van der Waals surface area contributed by atoms with Crippen molar-refractivity contribution < 1.29 is 19.1 Å². The molecule has 0 heterocycles. The zero-order chi connectivity index (χ0) is 11.7. The molecule has 1 radical (unpaired) electrons. The van der Waals surface area contributed by atoms with Crippen LogP contribution in [0.2, 0.25) is 0 Å². The van der Waals surface area contributed by atoms with Gasteiger partial charge in [0.05, 0.1) is 14.2 Å². The molecule has 0 aliphatic carbocycles. The Bertz CT molecular complexity index is 185. The van der Waals surface area contributed by atoms with E-state index in [2.05, 4.69) is 16.4 Å². The van der Waals surface area contributed by atoms with Crippen molar-refractivity contribution in [2.75, 3.05) is 14.2 Å². The third-order valence-electron chi connectivity index (χ3n) is 2.21. The molecule has 0 saturated carbocycles. The van der Waals surface area contributed by atoms with Gasteiger partial charge >= 0.3 is 11.9 Å². The van der Waals surface area contributed by atoms with Crippen molar-refractivity contribution in [2.24, 2.45) is 5.92 Å². The van der Waals surface area contributed by atoms with Gasteiger partial charge in [0.2, 0.25) is 0 Å². The van der Waals surface area contributed by atoms with Gasteiger partial charge in [0.15, 0.2) is 5.92 Å². The van der Waals surface area contributed by atoms with Crippen molar-refractivity contribution in [1.82, 2.24) is 0 Å². The number of carbonyl (C=O) groups is 2. The number of carbonyl (C=O) groups excluding carboxylic acids is 2. The molecule has 0 aromatic heterocycles. The molecule has 0 fully saturated rings. The molecule has 0 aliphatic rings. The third kappa shape index (κ3) is 5.40. The van der Waals surface area contributed by atoms with Gasteiger partial charge in [-0.25, -0.2) is 0 Å². The summed E-state index contributed by atoms with van der Waals surface area (Å²) in [6.07, 6.45) is 4.15. The van der Waals surface area contributed by atoms with E-state index in [-0.39, 0.29) is 0 Å². The Morgan fingerprint density at radius 3 is 2.00 bits per heavy atom. The van der Waals surface area contributed by atoms with Crippen LogP contribution in [0.4, 0.5) is 0 Å². The van der Waals surface area contributed by atoms with Gasteiger partial charge < -0.3 is 9.47 Å². The van der Waals surface area contributed by atoms with Crippen LogP contribution < -0.4 is 0 Å². The van der Waals surface area contributed by atoms with Crippen LogP contribution in [0.1, 0.15) is 32.1 Å². The van der Waals surface area contributed by atoms with Crippen molar-refractivity contribution in [3.8, 4) is 0 Å². The molecule has 4 nitrogen and oxygen atoms in total. The number of methoxy groups -OCH3 is 2. The first-order chi connectivity index (χ1) is 7.17. The van der Waals surface area contributed by atoms with Crippen LogP contribution in [-0.2, 0) is 19.1 Å². The van der Waals surface area contributed by atoms with Crippen molar-refractivity contribution in [2.45, 2.75) is 32.1 Å². The van der Waals surface area contributed by atoms with Crippen molar-refractivity contribution in [1.29, 1.82) is 0 Å². The van der Waals surface area contributed by atoms with E-state index in [1.807, 2.05) is 0 Å².